The van der Waals surface area contributed by atoms with E-state index in [1.165, 1.54) is 0 Å². The first-order chi connectivity index (χ1) is 18.5. The molecule has 0 spiro atoms. The highest BCUT2D eigenvalue weighted by Gasteiger charge is 2.42. The second-order valence-corrected chi connectivity index (χ2v) is 11.3. The number of ether oxygens (including phenoxy) is 2. The van der Waals surface area contributed by atoms with Gasteiger partial charge >= 0.3 is 6.09 Å². The molecule has 0 radical (unpaired) electrons. The van der Waals surface area contributed by atoms with Crippen molar-refractivity contribution in [3.05, 3.63) is 71.8 Å². The van der Waals surface area contributed by atoms with E-state index in [-0.39, 0.29) is 17.9 Å². The van der Waals surface area contributed by atoms with Gasteiger partial charge in [-0.3, -0.25) is 9.59 Å². The van der Waals surface area contributed by atoms with Gasteiger partial charge in [0.1, 0.15) is 11.6 Å². The third-order valence-electron chi connectivity index (χ3n) is 7.02. The molecule has 1 saturated heterocycles. The van der Waals surface area contributed by atoms with Crippen LogP contribution in [0.2, 0.25) is 0 Å². The Morgan fingerprint density at radius 2 is 1.62 bits per heavy atom. The molecule has 39 heavy (non-hydrogen) atoms. The Bertz CT molecular complexity index is 1090. The van der Waals surface area contributed by atoms with Gasteiger partial charge in [-0.1, -0.05) is 67.6 Å². The molecule has 212 valence electrons. The molecule has 1 N–H and O–H groups in total. The fraction of sp³-hybridized carbons (Fsp3) is 0.516. The number of hydrogen-bond donors (Lipinski definition) is 1. The molecule has 0 aliphatic carbocycles. The minimum absolute atomic E-state index is 0.173. The maximum absolute atomic E-state index is 13.6. The van der Waals surface area contributed by atoms with Crippen LogP contribution >= 0.6 is 0 Å². The van der Waals surface area contributed by atoms with Gasteiger partial charge in [0.05, 0.1) is 18.1 Å². The second-order valence-electron chi connectivity index (χ2n) is 11.3. The number of nitrogens with one attached hydrogen (secondary N) is 1. The standard InChI is InChI=1S/C31H43N3O5/c1-22(27(38-6)26-18-13-19-34(26)30(37)39-31(2,3)4)28(35)32-25(20-23-14-9-7-10-15-23)29(36)33(5)21-24-16-11-8-12-17-24/h7-12,14-17,22,25-27H,13,18-21H2,1-6H3,(H,32,35)/t22-,25+,26+,27-/m1/s1. The first kappa shape index (κ1) is 30.2. The molecular weight excluding hydrogens is 494 g/mol. The molecule has 1 aliphatic heterocycles. The molecule has 3 amide bonds. The van der Waals surface area contributed by atoms with E-state index in [1.807, 2.05) is 81.4 Å². The summed E-state index contributed by atoms with van der Waals surface area (Å²) in [5.41, 5.74) is 1.34. The van der Waals surface area contributed by atoms with Crippen LogP contribution in [-0.4, -0.2) is 72.2 Å². The lowest BCUT2D eigenvalue weighted by molar-refractivity contribution is -0.139. The van der Waals surface area contributed by atoms with Gasteiger partial charge in [0.2, 0.25) is 11.8 Å². The molecule has 0 aromatic heterocycles. The van der Waals surface area contributed by atoms with Gasteiger partial charge in [-0.2, -0.15) is 0 Å². The summed E-state index contributed by atoms with van der Waals surface area (Å²) in [5.74, 6) is -1.07. The summed E-state index contributed by atoms with van der Waals surface area (Å²) in [6, 6.07) is 18.4. The Balaban J connectivity index is 1.75. The van der Waals surface area contributed by atoms with Crippen molar-refractivity contribution in [2.45, 2.75) is 77.3 Å². The number of nitrogens with zero attached hydrogens (tertiary/aromatic N) is 2. The third-order valence-corrected chi connectivity index (χ3v) is 7.02. The number of methoxy groups -OCH3 is 1. The van der Waals surface area contributed by atoms with Crippen LogP contribution < -0.4 is 5.32 Å². The van der Waals surface area contributed by atoms with Gasteiger partial charge < -0.3 is 24.6 Å². The smallest absolute Gasteiger partial charge is 0.410 e. The molecule has 1 heterocycles. The maximum Gasteiger partial charge on any atom is 0.410 e. The number of likely N-dealkylation sites (tertiary alicyclic amines) is 1. The number of amides is 3. The zero-order valence-corrected chi connectivity index (χ0v) is 24.1. The van der Waals surface area contributed by atoms with E-state index in [9.17, 15) is 14.4 Å². The van der Waals surface area contributed by atoms with Crippen molar-refractivity contribution in [2.75, 3.05) is 20.7 Å². The molecule has 1 fully saturated rings. The van der Waals surface area contributed by atoms with Crippen molar-refractivity contribution < 1.29 is 23.9 Å². The average molecular weight is 538 g/mol. The molecule has 1 aliphatic rings. The van der Waals surface area contributed by atoms with Crippen LogP contribution in [0.3, 0.4) is 0 Å². The lowest BCUT2D eigenvalue weighted by atomic mass is 9.94. The number of carbonyl (C=O) groups is 3. The summed E-state index contributed by atoms with van der Waals surface area (Å²) in [7, 11) is 3.30. The Morgan fingerprint density at radius 1 is 1.03 bits per heavy atom. The lowest BCUT2D eigenvalue weighted by Gasteiger charge is -2.35. The third kappa shape index (κ3) is 8.55. The predicted molar refractivity (Wildman–Crippen MR) is 151 cm³/mol. The minimum atomic E-state index is -0.751. The summed E-state index contributed by atoms with van der Waals surface area (Å²) in [6.07, 6.45) is 0.926. The Hall–Kier alpha value is -3.39. The highest BCUT2D eigenvalue weighted by atomic mass is 16.6. The number of hydrogen-bond acceptors (Lipinski definition) is 5. The molecule has 3 rings (SSSR count). The Labute approximate surface area is 232 Å². The van der Waals surface area contributed by atoms with Crippen molar-refractivity contribution >= 4 is 17.9 Å². The molecular formula is C31H43N3O5. The first-order valence-electron chi connectivity index (χ1n) is 13.7. The quantitative estimate of drug-likeness (QED) is 0.485. The van der Waals surface area contributed by atoms with Crippen LogP contribution in [0.4, 0.5) is 4.79 Å². The molecule has 0 saturated carbocycles. The van der Waals surface area contributed by atoms with Crippen molar-refractivity contribution in [1.29, 1.82) is 0 Å². The number of likely N-dealkylation sites (N-methyl/N-ethyl adjacent to an activating group) is 1. The van der Waals surface area contributed by atoms with Crippen molar-refractivity contribution in [1.82, 2.24) is 15.1 Å². The van der Waals surface area contributed by atoms with Gasteiger partial charge in [0.25, 0.3) is 0 Å². The molecule has 8 nitrogen and oxygen atoms in total. The normalized spacial score (nSPS) is 17.7. The van der Waals surface area contributed by atoms with Gasteiger partial charge in [0, 0.05) is 33.7 Å². The van der Waals surface area contributed by atoms with Crippen LogP contribution in [0.1, 0.15) is 51.7 Å². The molecule has 8 heteroatoms. The fourth-order valence-electron chi connectivity index (χ4n) is 5.08. The van der Waals surface area contributed by atoms with Crippen LogP contribution in [0, 0.1) is 5.92 Å². The van der Waals surface area contributed by atoms with E-state index >= 15 is 0 Å². The van der Waals surface area contributed by atoms with E-state index in [0.717, 1.165) is 17.5 Å². The SMILES string of the molecule is CO[C@H]([C@@H](C)C(=O)N[C@@H](Cc1ccccc1)C(=O)N(C)Cc1ccccc1)[C@@H]1CCCN1C(=O)OC(C)(C)C. The fourth-order valence-corrected chi connectivity index (χ4v) is 5.08. The van der Waals surface area contributed by atoms with Gasteiger partial charge in [-0.05, 0) is 44.7 Å². The predicted octanol–water partition coefficient (Wildman–Crippen LogP) is 4.42. The zero-order chi connectivity index (χ0) is 28.6. The Morgan fingerprint density at radius 3 is 2.18 bits per heavy atom. The largest absolute Gasteiger partial charge is 0.444 e. The van der Waals surface area contributed by atoms with E-state index < -0.39 is 29.8 Å². The van der Waals surface area contributed by atoms with E-state index in [1.54, 1.807) is 30.9 Å². The maximum atomic E-state index is 13.6. The molecule has 0 unspecified atom stereocenters. The minimum Gasteiger partial charge on any atom is -0.444 e. The summed E-state index contributed by atoms with van der Waals surface area (Å²) >= 11 is 0. The van der Waals surface area contributed by atoms with Crippen LogP contribution in [0.25, 0.3) is 0 Å². The summed E-state index contributed by atoms with van der Waals surface area (Å²) in [5, 5.41) is 3.01. The van der Waals surface area contributed by atoms with Crippen molar-refractivity contribution in [3.63, 3.8) is 0 Å². The summed E-state index contributed by atoms with van der Waals surface area (Å²) in [6.45, 7) is 8.26. The van der Waals surface area contributed by atoms with Crippen LogP contribution in [-0.2, 0) is 32.0 Å². The molecule has 2 aromatic rings. The monoisotopic (exact) mass is 537 g/mol. The van der Waals surface area contributed by atoms with E-state index in [4.69, 9.17) is 9.47 Å². The molecule has 4 atom stereocenters. The number of carbonyl (C=O) groups excluding carboxylic acids is 3. The average Bonchev–Trinajstić information content (AvgIpc) is 3.38. The Kier molecular flexibility index (Phi) is 10.5. The van der Waals surface area contributed by atoms with E-state index in [0.29, 0.717) is 25.9 Å². The topological polar surface area (TPSA) is 88.2 Å². The van der Waals surface area contributed by atoms with Gasteiger partial charge in [0.15, 0.2) is 0 Å². The van der Waals surface area contributed by atoms with E-state index in [2.05, 4.69) is 5.32 Å². The second kappa shape index (κ2) is 13.6. The zero-order valence-electron chi connectivity index (χ0n) is 24.1. The highest BCUT2D eigenvalue weighted by molar-refractivity contribution is 5.89. The summed E-state index contributed by atoms with van der Waals surface area (Å²) < 4.78 is 11.4. The van der Waals surface area contributed by atoms with Crippen LogP contribution in [0.5, 0.6) is 0 Å². The lowest BCUT2D eigenvalue weighted by Crippen LogP contribution is -2.54. The molecule has 0 bridgehead atoms. The first-order valence-corrected chi connectivity index (χ1v) is 13.7. The van der Waals surface area contributed by atoms with Crippen LogP contribution in [0.15, 0.2) is 60.7 Å². The van der Waals surface area contributed by atoms with Crippen molar-refractivity contribution in [2.24, 2.45) is 5.92 Å². The summed E-state index contributed by atoms with van der Waals surface area (Å²) in [4.78, 5) is 43.4. The van der Waals surface area contributed by atoms with Gasteiger partial charge in [-0.25, -0.2) is 4.79 Å². The van der Waals surface area contributed by atoms with Crippen molar-refractivity contribution in [3.8, 4) is 0 Å². The highest BCUT2D eigenvalue weighted by Crippen LogP contribution is 2.28. The molecule has 2 aromatic carbocycles. The number of benzene rings is 2. The number of rotatable bonds is 10. The van der Waals surface area contributed by atoms with Gasteiger partial charge in [-0.15, -0.1) is 0 Å².